The van der Waals surface area contributed by atoms with E-state index in [1.165, 1.54) is 6.07 Å². The second-order valence-electron chi connectivity index (χ2n) is 6.72. The Morgan fingerprint density at radius 1 is 1.12 bits per heavy atom. The smallest absolute Gasteiger partial charge is 0.258 e. The minimum atomic E-state index is -0.509. The number of hydrogen-bond donors (Lipinski definition) is 1. The average Bonchev–Trinajstić information content (AvgIpc) is 3.00. The number of aryl methyl sites for hydroxylation is 1. The molecule has 2 aliphatic rings. The zero-order chi connectivity index (χ0) is 17.0. The van der Waals surface area contributed by atoms with Gasteiger partial charge in [0.15, 0.2) is 0 Å². The molecule has 0 atom stereocenters. The van der Waals surface area contributed by atoms with Gasteiger partial charge in [-0.15, -0.1) is 0 Å². The lowest BCUT2D eigenvalue weighted by Gasteiger charge is -2.31. The average molecular weight is 336 g/mol. The number of aromatic nitrogens is 3. The number of hydrogen-bond acceptors (Lipinski definition) is 4. The minimum Gasteiger partial charge on any atom is -0.341 e. The molecule has 126 valence electrons. The molecule has 5 rings (SSSR count). The van der Waals surface area contributed by atoms with Crippen LogP contribution in [0, 0.1) is 5.82 Å². The summed E-state index contributed by atoms with van der Waals surface area (Å²) in [6, 6.07) is 5.01. The number of nitrogens with one attached hydrogen (secondary N) is 1. The lowest BCUT2D eigenvalue weighted by Crippen LogP contribution is -2.38. The molecular weight excluding hydrogens is 319 g/mol. The molecule has 1 aliphatic carbocycles. The quantitative estimate of drug-likeness (QED) is 0.782. The van der Waals surface area contributed by atoms with Crippen molar-refractivity contribution < 1.29 is 4.39 Å². The van der Waals surface area contributed by atoms with Crippen LogP contribution in [0.1, 0.15) is 24.1 Å². The SMILES string of the molecule is O=c1[nH]ccc2cc(-c3nc(N4CCC4)nc4c3CCC4)cc(F)c12. The zero-order valence-electron chi connectivity index (χ0n) is 13.7. The minimum absolute atomic E-state index is 0.0971. The van der Waals surface area contributed by atoms with E-state index >= 15 is 0 Å². The standard InChI is InChI=1S/C19H17FN4O/c20-14-10-12(9-11-5-6-21-18(25)16(11)14)17-13-3-1-4-15(13)22-19(23-17)24-7-2-8-24/h5-6,9-10H,1-4,7-8H2,(H,21,25). The Hall–Kier alpha value is -2.76. The molecule has 0 saturated carbocycles. The first-order chi connectivity index (χ1) is 12.2. The van der Waals surface area contributed by atoms with Crippen LogP contribution >= 0.6 is 0 Å². The van der Waals surface area contributed by atoms with Crippen LogP contribution in [0.2, 0.25) is 0 Å². The predicted molar refractivity (Wildman–Crippen MR) is 94.4 cm³/mol. The number of pyridine rings is 1. The molecule has 3 aromatic rings. The van der Waals surface area contributed by atoms with Crippen molar-refractivity contribution in [2.75, 3.05) is 18.0 Å². The molecule has 5 nitrogen and oxygen atoms in total. The molecule has 1 aliphatic heterocycles. The third-order valence-electron chi connectivity index (χ3n) is 5.16. The number of benzene rings is 1. The second-order valence-corrected chi connectivity index (χ2v) is 6.72. The van der Waals surface area contributed by atoms with Gasteiger partial charge in [-0.1, -0.05) is 0 Å². The molecule has 6 heteroatoms. The Labute approximate surface area is 143 Å². The van der Waals surface area contributed by atoms with Crippen molar-refractivity contribution in [2.45, 2.75) is 25.7 Å². The fourth-order valence-corrected chi connectivity index (χ4v) is 3.73. The van der Waals surface area contributed by atoms with Gasteiger partial charge in [-0.25, -0.2) is 14.4 Å². The van der Waals surface area contributed by atoms with E-state index in [1.807, 2.05) is 6.07 Å². The van der Waals surface area contributed by atoms with Crippen LogP contribution in [-0.4, -0.2) is 28.0 Å². The number of anilines is 1. The van der Waals surface area contributed by atoms with E-state index in [2.05, 4.69) is 9.88 Å². The fraction of sp³-hybridized carbons (Fsp3) is 0.316. The molecule has 1 aromatic carbocycles. The van der Waals surface area contributed by atoms with Crippen molar-refractivity contribution in [3.8, 4) is 11.3 Å². The zero-order valence-corrected chi connectivity index (χ0v) is 13.7. The van der Waals surface area contributed by atoms with Crippen molar-refractivity contribution in [3.63, 3.8) is 0 Å². The lowest BCUT2D eigenvalue weighted by atomic mass is 10.0. The summed E-state index contributed by atoms with van der Waals surface area (Å²) in [4.78, 5) is 26.1. The van der Waals surface area contributed by atoms with E-state index in [1.54, 1.807) is 12.3 Å². The number of nitrogens with zero attached hydrogens (tertiary/aromatic N) is 3. The highest BCUT2D eigenvalue weighted by molar-refractivity contribution is 5.87. The summed E-state index contributed by atoms with van der Waals surface area (Å²) >= 11 is 0. The van der Waals surface area contributed by atoms with Crippen LogP contribution < -0.4 is 10.5 Å². The van der Waals surface area contributed by atoms with Crippen LogP contribution in [0.15, 0.2) is 29.2 Å². The van der Waals surface area contributed by atoms with Crippen molar-refractivity contribution >= 4 is 16.7 Å². The molecule has 2 aromatic heterocycles. The molecule has 3 heterocycles. The van der Waals surface area contributed by atoms with E-state index in [4.69, 9.17) is 9.97 Å². The van der Waals surface area contributed by atoms with Gasteiger partial charge in [0.05, 0.1) is 11.1 Å². The van der Waals surface area contributed by atoms with Gasteiger partial charge in [-0.2, -0.15) is 0 Å². The van der Waals surface area contributed by atoms with Gasteiger partial charge in [0, 0.05) is 36.1 Å². The van der Waals surface area contributed by atoms with E-state index < -0.39 is 11.4 Å². The first kappa shape index (κ1) is 14.6. The Morgan fingerprint density at radius 3 is 2.80 bits per heavy atom. The van der Waals surface area contributed by atoms with Crippen molar-refractivity contribution in [1.82, 2.24) is 15.0 Å². The summed E-state index contributed by atoms with van der Waals surface area (Å²) in [6.07, 6.45) is 5.62. The van der Waals surface area contributed by atoms with Gasteiger partial charge in [0.25, 0.3) is 5.56 Å². The fourth-order valence-electron chi connectivity index (χ4n) is 3.73. The van der Waals surface area contributed by atoms with Gasteiger partial charge in [0.2, 0.25) is 5.95 Å². The van der Waals surface area contributed by atoms with Crippen molar-refractivity contribution in [3.05, 3.63) is 51.8 Å². The molecule has 0 bridgehead atoms. The van der Waals surface area contributed by atoms with E-state index in [0.717, 1.165) is 67.2 Å². The highest BCUT2D eigenvalue weighted by Crippen LogP contribution is 2.34. The summed E-state index contributed by atoms with van der Waals surface area (Å²) in [5, 5.41) is 0.689. The number of aromatic amines is 1. The maximum Gasteiger partial charge on any atom is 0.258 e. The third-order valence-corrected chi connectivity index (χ3v) is 5.16. The first-order valence-corrected chi connectivity index (χ1v) is 8.67. The lowest BCUT2D eigenvalue weighted by molar-refractivity contribution is 0.599. The molecule has 1 N–H and O–H groups in total. The Balaban J connectivity index is 1.74. The predicted octanol–water partition coefficient (Wildman–Crippen LogP) is 2.82. The van der Waals surface area contributed by atoms with Crippen LogP contribution in [0.3, 0.4) is 0 Å². The Kier molecular flexibility index (Phi) is 3.13. The van der Waals surface area contributed by atoms with Crippen LogP contribution in [-0.2, 0) is 12.8 Å². The van der Waals surface area contributed by atoms with Crippen LogP contribution in [0.25, 0.3) is 22.0 Å². The number of fused-ring (bicyclic) bond motifs is 2. The van der Waals surface area contributed by atoms with Gasteiger partial charge in [-0.05, 0) is 49.3 Å². The molecule has 25 heavy (non-hydrogen) atoms. The molecule has 0 spiro atoms. The van der Waals surface area contributed by atoms with Gasteiger partial charge >= 0.3 is 0 Å². The van der Waals surface area contributed by atoms with E-state index in [9.17, 15) is 9.18 Å². The van der Waals surface area contributed by atoms with Crippen molar-refractivity contribution in [2.24, 2.45) is 0 Å². The Bertz CT molecular complexity index is 1060. The first-order valence-electron chi connectivity index (χ1n) is 8.67. The molecule has 0 radical (unpaired) electrons. The van der Waals surface area contributed by atoms with Gasteiger partial charge in [0.1, 0.15) is 5.82 Å². The second kappa shape index (κ2) is 5.37. The van der Waals surface area contributed by atoms with Crippen molar-refractivity contribution in [1.29, 1.82) is 0 Å². The number of halogens is 1. The van der Waals surface area contributed by atoms with Gasteiger partial charge in [-0.3, -0.25) is 4.79 Å². The van der Waals surface area contributed by atoms with Crippen LogP contribution in [0.5, 0.6) is 0 Å². The molecule has 1 saturated heterocycles. The summed E-state index contributed by atoms with van der Waals surface area (Å²) in [5.41, 5.74) is 3.32. The highest BCUT2D eigenvalue weighted by atomic mass is 19.1. The molecule has 1 fully saturated rings. The highest BCUT2D eigenvalue weighted by Gasteiger charge is 2.25. The van der Waals surface area contributed by atoms with E-state index in [-0.39, 0.29) is 5.39 Å². The summed E-state index contributed by atoms with van der Waals surface area (Å²) in [5.74, 6) is 0.235. The summed E-state index contributed by atoms with van der Waals surface area (Å²) in [7, 11) is 0. The number of H-pyrrole nitrogens is 1. The molecule has 0 unspecified atom stereocenters. The maximum absolute atomic E-state index is 14.6. The summed E-state index contributed by atoms with van der Waals surface area (Å²) in [6.45, 7) is 1.94. The summed E-state index contributed by atoms with van der Waals surface area (Å²) < 4.78 is 14.6. The normalized spacial score (nSPS) is 16.1. The topological polar surface area (TPSA) is 61.9 Å². The Morgan fingerprint density at radius 2 is 2.00 bits per heavy atom. The monoisotopic (exact) mass is 336 g/mol. The van der Waals surface area contributed by atoms with Crippen LogP contribution in [0.4, 0.5) is 10.3 Å². The van der Waals surface area contributed by atoms with E-state index in [0.29, 0.717) is 5.39 Å². The maximum atomic E-state index is 14.6. The van der Waals surface area contributed by atoms with Gasteiger partial charge < -0.3 is 9.88 Å². The molecule has 0 amide bonds. The number of rotatable bonds is 2. The third kappa shape index (κ3) is 2.24. The largest absolute Gasteiger partial charge is 0.341 e. The molecular formula is C19H17FN4O.